The summed E-state index contributed by atoms with van der Waals surface area (Å²) in [7, 11) is 0. The summed E-state index contributed by atoms with van der Waals surface area (Å²) in [5.74, 6) is 0.000240. The Morgan fingerprint density at radius 2 is 1.76 bits per heavy atom. The van der Waals surface area contributed by atoms with Crippen molar-refractivity contribution in [2.45, 2.75) is 6.18 Å². The van der Waals surface area contributed by atoms with Gasteiger partial charge in [-0.25, -0.2) is 0 Å². The molecule has 8 heteroatoms. The van der Waals surface area contributed by atoms with E-state index >= 15 is 0 Å². The number of para-hydroxylation sites is 1. The molecule has 0 aliphatic heterocycles. The fourth-order valence-corrected chi connectivity index (χ4v) is 1.93. The number of hydrogen-bond acceptors (Lipinski definition) is 3. The molecule has 0 radical (unpaired) electrons. The Balaban J connectivity index is 2.45. The van der Waals surface area contributed by atoms with Gasteiger partial charge in [0.1, 0.15) is 5.75 Å². The maximum Gasteiger partial charge on any atom is 0.416 e. The number of rotatable bonds is 3. The van der Waals surface area contributed by atoms with Crippen molar-refractivity contribution in [3.63, 3.8) is 0 Å². The molecule has 0 saturated heterocycles. The zero-order valence-electron chi connectivity index (χ0n) is 10.2. The SMILES string of the molecule is O=[N+]([O-])c1cc(C(F)(F)F)ccc1Oc1ccccc1Br. The average Bonchev–Trinajstić information content (AvgIpc) is 2.40. The van der Waals surface area contributed by atoms with Crippen LogP contribution in [-0.4, -0.2) is 4.92 Å². The summed E-state index contributed by atoms with van der Waals surface area (Å²) in [5.41, 5.74) is -1.85. The molecule has 2 aromatic carbocycles. The number of alkyl halides is 3. The average molecular weight is 362 g/mol. The van der Waals surface area contributed by atoms with E-state index in [-0.39, 0.29) is 11.5 Å². The summed E-state index contributed by atoms with van der Waals surface area (Å²) in [5, 5.41) is 10.9. The Morgan fingerprint density at radius 3 is 2.33 bits per heavy atom. The van der Waals surface area contributed by atoms with Crippen LogP contribution in [-0.2, 0) is 6.18 Å². The van der Waals surface area contributed by atoms with Crippen LogP contribution in [0, 0.1) is 10.1 Å². The molecule has 2 aromatic rings. The number of benzene rings is 2. The largest absolute Gasteiger partial charge is 0.449 e. The molecule has 110 valence electrons. The Kier molecular flexibility index (Phi) is 4.17. The first-order valence-electron chi connectivity index (χ1n) is 5.57. The highest BCUT2D eigenvalue weighted by Crippen LogP contribution is 2.39. The van der Waals surface area contributed by atoms with Crippen LogP contribution >= 0.6 is 15.9 Å². The van der Waals surface area contributed by atoms with Gasteiger partial charge in [0.15, 0.2) is 0 Å². The van der Waals surface area contributed by atoms with Gasteiger partial charge in [-0.15, -0.1) is 0 Å². The van der Waals surface area contributed by atoms with Crippen LogP contribution in [0.4, 0.5) is 18.9 Å². The second-order valence-electron chi connectivity index (χ2n) is 3.97. The van der Waals surface area contributed by atoms with Crippen LogP contribution in [0.25, 0.3) is 0 Å². The normalized spacial score (nSPS) is 11.2. The van der Waals surface area contributed by atoms with Crippen molar-refractivity contribution in [2.75, 3.05) is 0 Å². The molecule has 21 heavy (non-hydrogen) atoms. The van der Waals surface area contributed by atoms with E-state index < -0.39 is 22.4 Å². The third-order valence-corrected chi connectivity index (χ3v) is 3.19. The zero-order chi connectivity index (χ0) is 15.6. The van der Waals surface area contributed by atoms with Crippen LogP contribution in [0.2, 0.25) is 0 Å². The number of nitro groups is 1. The van der Waals surface area contributed by atoms with Gasteiger partial charge in [0.2, 0.25) is 5.75 Å². The third-order valence-electron chi connectivity index (χ3n) is 2.54. The molecule has 4 nitrogen and oxygen atoms in total. The highest BCUT2D eigenvalue weighted by Gasteiger charge is 2.33. The number of nitrogens with zero attached hydrogens (tertiary/aromatic N) is 1. The minimum Gasteiger partial charge on any atom is -0.449 e. The Hall–Kier alpha value is -2.09. The molecule has 0 bridgehead atoms. The third kappa shape index (κ3) is 3.52. The van der Waals surface area contributed by atoms with E-state index in [0.717, 1.165) is 12.1 Å². The van der Waals surface area contributed by atoms with Gasteiger partial charge in [0, 0.05) is 6.07 Å². The van der Waals surface area contributed by atoms with Crippen molar-refractivity contribution < 1.29 is 22.8 Å². The molecule has 0 aliphatic rings. The lowest BCUT2D eigenvalue weighted by Crippen LogP contribution is -2.06. The molecule has 0 N–H and O–H groups in total. The fourth-order valence-electron chi connectivity index (χ4n) is 1.57. The van der Waals surface area contributed by atoms with Gasteiger partial charge in [-0.3, -0.25) is 10.1 Å². The zero-order valence-corrected chi connectivity index (χ0v) is 11.8. The maximum absolute atomic E-state index is 12.6. The molecular formula is C13H7BrF3NO3. The molecule has 0 spiro atoms. The Bertz CT molecular complexity index is 689. The van der Waals surface area contributed by atoms with E-state index in [0.29, 0.717) is 10.5 Å². The van der Waals surface area contributed by atoms with Crippen molar-refractivity contribution in [2.24, 2.45) is 0 Å². The molecule has 0 aromatic heterocycles. The van der Waals surface area contributed by atoms with Crippen LogP contribution in [0.15, 0.2) is 46.9 Å². The number of hydrogen-bond donors (Lipinski definition) is 0. The summed E-state index contributed by atoms with van der Waals surface area (Å²) in [6.07, 6.45) is -4.66. The molecular weight excluding hydrogens is 355 g/mol. The van der Waals surface area contributed by atoms with Crippen LogP contribution in [0.5, 0.6) is 11.5 Å². The van der Waals surface area contributed by atoms with Crippen molar-refractivity contribution in [1.82, 2.24) is 0 Å². The highest BCUT2D eigenvalue weighted by atomic mass is 79.9. The van der Waals surface area contributed by atoms with Crippen molar-refractivity contribution >= 4 is 21.6 Å². The van der Waals surface area contributed by atoms with Crippen LogP contribution < -0.4 is 4.74 Å². The lowest BCUT2D eigenvalue weighted by atomic mass is 10.2. The van der Waals surface area contributed by atoms with E-state index in [9.17, 15) is 23.3 Å². The van der Waals surface area contributed by atoms with Crippen molar-refractivity contribution in [1.29, 1.82) is 0 Å². The first kappa shape index (κ1) is 15.3. The lowest BCUT2D eigenvalue weighted by molar-refractivity contribution is -0.385. The second-order valence-corrected chi connectivity index (χ2v) is 4.82. The number of nitro benzene ring substituents is 1. The molecule has 0 atom stereocenters. The van der Waals surface area contributed by atoms with E-state index in [4.69, 9.17) is 4.74 Å². The minimum atomic E-state index is -4.66. The summed E-state index contributed by atoms with van der Waals surface area (Å²) >= 11 is 3.19. The summed E-state index contributed by atoms with van der Waals surface area (Å²) < 4.78 is 43.6. The van der Waals surface area contributed by atoms with Crippen LogP contribution in [0.1, 0.15) is 5.56 Å². The van der Waals surface area contributed by atoms with Gasteiger partial charge in [-0.2, -0.15) is 13.2 Å². The Morgan fingerprint density at radius 1 is 1.10 bits per heavy atom. The highest BCUT2D eigenvalue weighted by molar-refractivity contribution is 9.10. The first-order chi connectivity index (χ1) is 9.79. The molecule has 0 saturated carbocycles. The van der Waals surface area contributed by atoms with Crippen LogP contribution in [0.3, 0.4) is 0 Å². The molecule has 0 aliphatic carbocycles. The summed E-state index contributed by atoms with van der Waals surface area (Å²) in [6, 6.07) is 8.64. The Labute approximate surface area is 125 Å². The van der Waals surface area contributed by atoms with E-state index in [1.54, 1.807) is 18.2 Å². The molecule has 2 rings (SSSR count). The monoisotopic (exact) mass is 361 g/mol. The van der Waals surface area contributed by atoms with Gasteiger partial charge >= 0.3 is 11.9 Å². The predicted molar refractivity (Wildman–Crippen MR) is 72.3 cm³/mol. The number of halogens is 4. The van der Waals surface area contributed by atoms with E-state index in [2.05, 4.69) is 15.9 Å². The quantitative estimate of drug-likeness (QED) is 0.559. The van der Waals surface area contributed by atoms with Gasteiger partial charge in [0.05, 0.1) is 15.0 Å². The summed E-state index contributed by atoms with van der Waals surface area (Å²) in [4.78, 5) is 10.0. The lowest BCUT2D eigenvalue weighted by Gasteiger charge is -2.10. The molecule has 0 heterocycles. The standard InChI is InChI=1S/C13H7BrF3NO3/c14-9-3-1-2-4-11(9)21-12-6-5-8(13(15,16)17)7-10(12)18(19)20/h1-7H. The predicted octanol–water partition coefficient (Wildman–Crippen LogP) is 5.17. The number of ether oxygens (including phenoxy) is 1. The summed E-state index contributed by atoms with van der Waals surface area (Å²) in [6.45, 7) is 0. The smallest absolute Gasteiger partial charge is 0.416 e. The van der Waals surface area contributed by atoms with Gasteiger partial charge in [0.25, 0.3) is 0 Å². The molecule has 0 amide bonds. The second kappa shape index (κ2) is 5.72. The molecule has 0 unspecified atom stereocenters. The topological polar surface area (TPSA) is 52.4 Å². The van der Waals surface area contributed by atoms with Crippen molar-refractivity contribution in [3.8, 4) is 11.5 Å². The van der Waals surface area contributed by atoms with Gasteiger partial charge < -0.3 is 4.74 Å². The molecule has 0 fully saturated rings. The van der Waals surface area contributed by atoms with E-state index in [1.807, 2.05) is 0 Å². The van der Waals surface area contributed by atoms with Gasteiger partial charge in [-0.05, 0) is 40.2 Å². The maximum atomic E-state index is 12.6. The fraction of sp³-hybridized carbons (Fsp3) is 0.0769. The van der Waals surface area contributed by atoms with E-state index in [1.165, 1.54) is 6.07 Å². The van der Waals surface area contributed by atoms with Crippen molar-refractivity contribution in [3.05, 3.63) is 62.6 Å². The van der Waals surface area contributed by atoms with Gasteiger partial charge in [-0.1, -0.05) is 12.1 Å². The minimum absolute atomic E-state index is 0.264. The first-order valence-corrected chi connectivity index (χ1v) is 6.36.